The van der Waals surface area contributed by atoms with E-state index in [2.05, 4.69) is 23.9 Å². The van der Waals surface area contributed by atoms with Gasteiger partial charge in [0.05, 0.1) is 0 Å². The molecule has 0 nitrogen and oxygen atoms in total. The molecule has 0 unspecified atom stereocenters. The first-order valence-corrected chi connectivity index (χ1v) is 3.76. The summed E-state index contributed by atoms with van der Waals surface area (Å²) < 4.78 is 0. The van der Waals surface area contributed by atoms with Gasteiger partial charge in [0.1, 0.15) is 0 Å². The van der Waals surface area contributed by atoms with Gasteiger partial charge in [-0.05, 0) is 5.56 Å². The number of hydrogen-bond donors (Lipinski definition) is 0. The Labute approximate surface area is 58.6 Å². The van der Waals surface area contributed by atoms with Gasteiger partial charge in [-0.25, -0.2) is 0 Å². The van der Waals surface area contributed by atoms with E-state index < -0.39 is 0 Å². The lowest BCUT2D eigenvalue weighted by molar-refractivity contribution is 1.66. The van der Waals surface area contributed by atoms with Gasteiger partial charge in [-0.2, -0.15) is 0 Å². The molecule has 0 aliphatic heterocycles. The van der Waals surface area contributed by atoms with E-state index >= 15 is 0 Å². The first kappa shape index (κ1) is 6.30. The zero-order valence-electron chi connectivity index (χ0n) is 5.25. The van der Waals surface area contributed by atoms with Crippen LogP contribution in [0.2, 0.25) is 0 Å². The summed E-state index contributed by atoms with van der Waals surface area (Å²) in [6.07, 6.45) is 2.10. The largest absolute Gasteiger partial charge is 0.104 e. The van der Waals surface area contributed by atoms with Crippen LogP contribution in [0.1, 0.15) is 5.56 Å². The van der Waals surface area contributed by atoms with Gasteiger partial charge >= 0.3 is 0 Å². The van der Waals surface area contributed by atoms with Crippen molar-refractivity contribution in [1.82, 2.24) is 0 Å². The Morgan fingerprint density at radius 1 is 1.11 bits per heavy atom. The standard InChI is InChI=1S/C8H9Si/c9-7-6-8-4-2-1-3-5-8/h1-7H,9H2. The average Bonchev–Trinajstić information content (AvgIpc) is 1.91. The average molecular weight is 133 g/mol. The lowest BCUT2D eigenvalue weighted by atomic mass is 10.2. The van der Waals surface area contributed by atoms with Gasteiger partial charge in [0.25, 0.3) is 0 Å². The molecule has 1 heteroatoms. The molecule has 0 spiro atoms. The fourth-order valence-corrected chi connectivity index (χ4v) is 0.972. The molecule has 0 heterocycles. The molecular weight excluding hydrogens is 124 g/mol. The van der Waals surface area contributed by atoms with Crippen LogP contribution in [-0.4, -0.2) is 10.2 Å². The van der Waals surface area contributed by atoms with Crippen LogP contribution in [0, 0.1) is 0 Å². The minimum Gasteiger partial charge on any atom is -0.104 e. The van der Waals surface area contributed by atoms with Crippen molar-refractivity contribution in [3.8, 4) is 0 Å². The van der Waals surface area contributed by atoms with Gasteiger partial charge in [0, 0.05) is 10.2 Å². The van der Waals surface area contributed by atoms with Crippen LogP contribution < -0.4 is 0 Å². The number of hydrogen-bond acceptors (Lipinski definition) is 0. The van der Waals surface area contributed by atoms with E-state index in [0.29, 0.717) is 0 Å². The van der Waals surface area contributed by atoms with Crippen molar-refractivity contribution in [1.29, 1.82) is 0 Å². The Morgan fingerprint density at radius 2 is 1.78 bits per heavy atom. The minimum absolute atomic E-state index is 1.27. The summed E-state index contributed by atoms with van der Waals surface area (Å²) in [5.74, 6) is 0. The highest BCUT2D eigenvalue weighted by Gasteiger charge is 1.77. The summed E-state index contributed by atoms with van der Waals surface area (Å²) in [5, 5.41) is 0. The molecule has 1 rings (SSSR count). The van der Waals surface area contributed by atoms with E-state index in [9.17, 15) is 0 Å². The van der Waals surface area contributed by atoms with Crippen LogP contribution in [0.15, 0.2) is 36.0 Å². The Hall–Kier alpha value is -0.823. The third-order valence-corrected chi connectivity index (χ3v) is 1.35. The van der Waals surface area contributed by atoms with Gasteiger partial charge in [0.2, 0.25) is 0 Å². The zero-order valence-corrected chi connectivity index (χ0v) is 6.66. The molecular formula is C8H9Si. The predicted molar refractivity (Wildman–Crippen MR) is 44.0 cm³/mol. The molecule has 1 aromatic rings. The lowest BCUT2D eigenvalue weighted by Gasteiger charge is -1.87. The Kier molecular flexibility index (Phi) is 2.28. The monoisotopic (exact) mass is 133 g/mol. The van der Waals surface area contributed by atoms with Crippen molar-refractivity contribution in [3.63, 3.8) is 0 Å². The third-order valence-electron chi connectivity index (χ3n) is 1.11. The highest BCUT2D eigenvalue weighted by Crippen LogP contribution is 1.98. The molecule has 0 N–H and O–H groups in total. The minimum atomic E-state index is 1.27. The maximum Gasteiger partial charge on any atom is 0.0378 e. The molecule has 0 atom stereocenters. The van der Waals surface area contributed by atoms with E-state index in [1.807, 2.05) is 28.4 Å². The molecule has 0 aliphatic rings. The van der Waals surface area contributed by atoms with Crippen molar-refractivity contribution < 1.29 is 0 Å². The Bertz CT molecular complexity index is 189. The Morgan fingerprint density at radius 3 is 2.33 bits per heavy atom. The second kappa shape index (κ2) is 3.25. The van der Waals surface area contributed by atoms with Crippen molar-refractivity contribution in [3.05, 3.63) is 41.6 Å². The lowest BCUT2D eigenvalue weighted by Crippen LogP contribution is -1.66. The molecule has 0 saturated carbocycles. The third kappa shape index (κ3) is 1.86. The predicted octanol–water partition coefficient (Wildman–Crippen LogP) is 1.29. The quantitative estimate of drug-likeness (QED) is 0.506. The summed E-state index contributed by atoms with van der Waals surface area (Å²) >= 11 is 0. The Balaban J connectivity index is 2.85. The van der Waals surface area contributed by atoms with Crippen molar-refractivity contribution in [2.45, 2.75) is 0 Å². The molecule has 1 aromatic carbocycles. The van der Waals surface area contributed by atoms with Crippen LogP contribution in [0.4, 0.5) is 0 Å². The van der Waals surface area contributed by atoms with Crippen LogP contribution in [-0.2, 0) is 0 Å². The summed E-state index contributed by atoms with van der Waals surface area (Å²) in [6, 6.07) is 10.3. The van der Waals surface area contributed by atoms with Gasteiger partial charge in [-0.3, -0.25) is 0 Å². The summed E-state index contributed by atoms with van der Waals surface area (Å²) in [5.41, 5.74) is 3.34. The number of rotatable bonds is 1. The summed E-state index contributed by atoms with van der Waals surface area (Å²) in [7, 11) is 1.85. The molecule has 45 valence electrons. The van der Waals surface area contributed by atoms with E-state index in [4.69, 9.17) is 0 Å². The molecule has 0 fully saturated rings. The summed E-state index contributed by atoms with van der Waals surface area (Å²) in [6.45, 7) is 0. The van der Waals surface area contributed by atoms with Crippen LogP contribution in [0.5, 0.6) is 0 Å². The topological polar surface area (TPSA) is 0 Å². The molecule has 1 radical (unpaired) electrons. The van der Waals surface area contributed by atoms with Crippen LogP contribution >= 0.6 is 0 Å². The van der Waals surface area contributed by atoms with Crippen molar-refractivity contribution in [2.75, 3.05) is 0 Å². The van der Waals surface area contributed by atoms with Crippen LogP contribution in [0.3, 0.4) is 0 Å². The van der Waals surface area contributed by atoms with Crippen molar-refractivity contribution in [2.24, 2.45) is 0 Å². The van der Waals surface area contributed by atoms with Crippen molar-refractivity contribution >= 4 is 16.3 Å². The van der Waals surface area contributed by atoms with E-state index in [1.54, 1.807) is 0 Å². The first-order valence-electron chi connectivity index (χ1n) is 2.94. The molecule has 0 aromatic heterocycles. The molecule has 0 aliphatic carbocycles. The highest BCUT2D eigenvalue weighted by atomic mass is 28.1. The molecule has 0 amide bonds. The SMILES string of the molecule is [SiH2]C=Cc1ccccc1. The van der Waals surface area contributed by atoms with Crippen LogP contribution in [0.25, 0.3) is 6.08 Å². The van der Waals surface area contributed by atoms with E-state index in [1.165, 1.54) is 5.56 Å². The summed E-state index contributed by atoms with van der Waals surface area (Å²) in [4.78, 5) is 0. The molecule has 0 bridgehead atoms. The zero-order chi connectivity index (χ0) is 6.53. The fourth-order valence-electron chi connectivity index (χ4n) is 0.700. The molecule has 9 heavy (non-hydrogen) atoms. The molecule has 0 saturated heterocycles. The smallest absolute Gasteiger partial charge is 0.0378 e. The maximum atomic E-state index is 2.10. The van der Waals surface area contributed by atoms with E-state index in [0.717, 1.165) is 0 Å². The highest BCUT2D eigenvalue weighted by molar-refractivity contribution is 6.19. The number of benzene rings is 1. The first-order chi connectivity index (χ1) is 4.43. The fraction of sp³-hybridized carbons (Fsp3) is 0. The second-order valence-corrected chi connectivity index (χ2v) is 2.28. The second-order valence-electron chi connectivity index (χ2n) is 1.81. The maximum absolute atomic E-state index is 2.10. The van der Waals surface area contributed by atoms with Gasteiger partial charge in [-0.15, -0.1) is 5.70 Å². The van der Waals surface area contributed by atoms with E-state index in [-0.39, 0.29) is 0 Å². The van der Waals surface area contributed by atoms with Gasteiger partial charge < -0.3 is 0 Å². The van der Waals surface area contributed by atoms with Gasteiger partial charge in [-0.1, -0.05) is 36.4 Å². The normalized spacial score (nSPS) is 10.3. The van der Waals surface area contributed by atoms with Gasteiger partial charge in [0.15, 0.2) is 0 Å².